The Morgan fingerprint density at radius 3 is 1.88 bits per heavy atom. The fourth-order valence-corrected chi connectivity index (χ4v) is 0.149. The average Bonchev–Trinajstić information content (AvgIpc) is 1.72. The Morgan fingerprint density at radius 2 is 1.88 bits per heavy atom. The van der Waals surface area contributed by atoms with Gasteiger partial charge in [-0.15, -0.1) is 0 Å². The maximum Gasteiger partial charge on any atom is 0.133 e. The molecule has 0 radical (unpaired) electrons. The molecule has 0 aliphatic rings. The molecule has 0 aliphatic carbocycles. The van der Waals surface area contributed by atoms with Crippen molar-refractivity contribution in [2.75, 3.05) is 27.7 Å². The highest BCUT2D eigenvalue weighted by Gasteiger charge is 1.79. The van der Waals surface area contributed by atoms with Gasteiger partial charge in [-0.05, 0) is 21.1 Å². The SMILES string of the molecule is CN.CN(C)CC=O. The van der Waals surface area contributed by atoms with Crippen LogP contribution in [-0.4, -0.2) is 38.9 Å². The topological polar surface area (TPSA) is 46.3 Å². The molecule has 3 heteroatoms. The zero-order valence-electron chi connectivity index (χ0n) is 5.72. The molecule has 0 fully saturated rings. The lowest BCUT2D eigenvalue weighted by Crippen LogP contribution is -2.13. The van der Waals surface area contributed by atoms with Crippen LogP contribution in [0.15, 0.2) is 0 Å². The van der Waals surface area contributed by atoms with Gasteiger partial charge in [0.15, 0.2) is 0 Å². The Kier molecular flexibility index (Phi) is 12.9. The minimum atomic E-state index is 0.528. The van der Waals surface area contributed by atoms with E-state index < -0.39 is 0 Å². The third-order valence-corrected chi connectivity index (χ3v) is 0.440. The second-order valence-corrected chi connectivity index (χ2v) is 1.43. The largest absolute Gasteiger partial charge is 0.333 e. The molecular weight excluding hydrogens is 104 g/mol. The quantitative estimate of drug-likeness (QED) is 0.489. The van der Waals surface area contributed by atoms with Gasteiger partial charge in [0.25, 0.3) is 0 Å². The minimum Gasteiger partial charge on any atom is -0.333 e. The number of aldehydes is 1. The number of hydrogen-bond donors (Lipinski definition) is 1. The van der Waals surface area contributed by atoms with Crippen LogP contribution in [0.3, 0.4) is 0 Å². The number of nitrogens with two attached hydrogens (primary N) is 1. The van der Waals surface area contributed by atoms with Gasteiger partial charge in [-0.2, -0.15) is 0 Å². The van der Waals surface area contributed by atoms with Crippen LogP contribution in [0.1, 0.15) is 0 Å². The summed E-state index contributed by atoms with van der Waals surface area (Å²) in [6.45, 7) is 0.528. The van der Waals surface area contributed by atoms with Gasteiger partial charge in [-0.25, -0.2) is 0 Å². The van der Waals surface area contributed by atoms with E-state index in [4.69, 9.17) is 0 Å². The third kappa shape index (κ3) is 17.6. The van der Waals surface area contributed by atoms with E-state index in [0.29, 0.717) is 6.54 Å². The first kappa shape index (κ1) is 10.5. The summed E-state index contributed by atoms with van der Waals surface area (Å²) in [5.41, 5.74) is 4.50. The minimum absolute atomic E-state index is 0.528. The lowest BCUT2D eigenvalue weighted by atomic mass is 10.7. The van der Waals surface area contributed by atoms with Crippen molar-refractivity contribution >= 4 is 6.29 Å². The zero-order chi connectivity index (χ0) is 6.99. The van der Waals surface area contributed by atoms with Crippen LogP contribution < -0.4 is 5.73 Å². The van der Waals surface area contributed by atoms with E-state index in [1.54, 1.807) is 0 Å². The molecule has 2 N–H and O–H groups in total. The third-order valence-electron chi connectivity index (χ3n) is 0.440. The predicted molar refractivity (Wildman–Crippen MR) is 34.7 cm³/mol. The Balaban J connectivity index is 0. The van der Waals surface area contributed by atoms with E-state index in [0.717, 1.165) is 6.29 Å². The first-order chi connectivity index (χ1) is 3.77. The monoisotopic (exact) mass is 118 g/mol. The van der Waals surface area contributed by atoms with Crippen molar-refractivity contribution in [3.8, 4) is 0 Å². The van der Waals surface area contributed by atoms with Crippen LogP contribution >= 0.6 is 0 Å². The summed E-state index contributed by atoms with van der Waals surface area (Å²) in [6, 6.07) is 0. The van der Waals surface area contributed by atoms with E-state index in [-0.39, 0.29) is 0 Å². The van der Waals surface area contributed by atoms with Crippen LogP contribution in [-0.2, 0) is 4.79 Å². The molecule has 0 saturated carbocycles. The summed E-state index contributed by atoms with van der Waals surface area (Å²) in [7, 11) is 5.21. The van der Waals surface area contributed by atoms with Crippen molar-refractivity contribution in [2.24, 2.45) is 5.73 Å². The van der Waals surface area contributed by atoms with Crippen LogP contribution in [0.25, 0.3) is 0 Å². The lowest BCUT2D eigenvalue weighted by Gasteiger charge is -1.99. The van der Waals surface area contributed by atoms with E-state index in [1.807, 2.05) is 19.0 Å². The standard InChI is InChI=1S/C4H9NO.CH5N/c1-5(2)3-4-6;1-2/h4H,3H2,1-2H3;2H2,1H3. The first-order valence-electron chi connectivity index (χ1n) is 2.43. The summed E-state index contributed by atoms with van der Waals surface area (Å²) >= 11 is 0. The van der Waals surface area contributed by atoms with Crippen molar-refractivity contribution in [1.29, 1.82) is 0 Å². The summed E-state index contributed by atoms with van der Waals surface area (Å²) in [5.74, 6) is 0. The predicted octanol–water partition coefficient (Wildman–Crippen LogP) is -0.678. The summed E-state index contributed by atoms with van der Waals surface area (Å²) in [5, 5.41) is 0. The maximum absolute atomic E-state index is 9.57. The van der Waals surface area contributed by atoms with Crippen molar-refractivity contribution in [3.05, 3.63) is 0 Å². The Bertz CT molecular complexity index is 45.7. The van der Waals surface area contributed by atoms with Gasteiger partial charge in [-0.3, -0.25) is 0 Å². The number of rotatable bonds is 2. The van der Waals surface area contributed by atoms with E-state index >= 15 is 0 Å². The summed E-state index contributed by atoms with van der Waals surface area (Å²) in [6.07, 6.45) is 0.875. The molecule has 0 aromatic rings. The van der Waals surface area contributed by atoms with Crippen molar-refractivity contribution in [1.82, 2.24) is 4.90 Å². The molecule has 0 unspecified atom stereocenters. The molecule has 0 amide bonds. The molecule has 0 aliphatic heterocycles. The van der Waals surface area contributed by atoms with E-state index in [1.165, 1.54) is 7.05 Å². The molecule has 0 heterocycles. The highest BCUT2D eigenvalue weighted by atomic mass is 16.1. The van der Waals surface area contributed by atoms with Gasteiger partial charge in [0.1, 0.15) is 6.29 Å². The fraction of sp³-hybridized carbons (Fsp3) is 0.800. The summed E-state index contributed by atoms with van der Waals surface area (Å²) in [4.78, 5) is 11.4. The second kappa shape index (κ2) is 9.77. The van der Waals surface area contributed by atoms with Crippen molar-refractivity contribution in [2.45, 2.75) is 0 Å². The van der Waals surface area contributed by atoms with E-state index in [2.05, 4.69) is 5.73 Å². The van der Waals surface area contributed by atoms with Crippen LogP contribution in [0.5, 0.6) is 0 Å². The summed E-state index contributed by atoms with van der Waals surface area (Å²) < 4.78 is 0. The van der Waals surface area contributed by atoms with Crippen molar-refractivity contribution in [3.63, 3.8) is 0 Å². The van der Waals surface area contributed by atoms with Gasteiger partial charge in [0.05, 0.1) is 6.54 Å². The lowest BCUT2D eigenvalue weighted by molar-refractivity contribution is -0.108. The van der Waals surface area contributed by atoms with Gasteiger partial charge < -0.3 is 15.4 Å². The molecule has 0 aromatic carbocycles. The zero-order valence-corrected chi connectivity index (χ0v) is 5.72. The van der Waals surface area contributed by atoms with Crippen LogP contribution in [0.2, 0.25) is 0 Å². The highest BCUT2D eigenvalue weighted by molar-refractivity contribution is 5.51. The molecule has 3 nitrogen and oxygen atoms in total. The first-order valence-corrected chi connectivity index (χ1v) is 2.43. The second-order valence-electron chi connectivity index (χ2n) is 1.43. The Morgan fingerprint density at radius 1 is 1.50 bits per heavy atom. The average molecular weight is 118 g/mol. The number of carbonyl (C=O) groups is 1. The molecule has 50 valence electrons. The highest BCUT2D eigenvalue weighted by Crippen LogP contribution is 1.62. The molecule has 0 atom stereocenters. The molecular formula is C5H14N2O. The molecule has 0 bridgehead atoms. The molecule has 0 spiro atoms. The van der Waals surface area contributed by atoms with Crippen molar-refractivity contribution < 1.29 is 4.79 Å². The Labute approximate surface area is 50.5 Å². The van der Waals surface area contributed by atoms with Gasteiger partial charge in [-0.1, -0.05) is 0 Å². The molecule has 0 saturated heterocycles. The fourth-order valence-electron chi connectivity index (χ4n) is 0.149. The van der Waals surface area contributed by atoms with Crippen LogP contribution in [0.4, 0.5) is 0 Å². The number of likely N-dealkylation sites (N-methyl/N-ethyl adjacent to an activating group) is 1. The van der Waals surface area contributed by atoms with Gasteiger partial charge >= 0.3 is 0 Å². The van der Waals surface area contributed by atoms with Crippen LogP contribution in [0, 0.1) is 0 Å². The normalized spacial score (nSPS) is 7.62. The number of nitrogens with zero attached hydrogens (tertiary/aromatic N) is 1. The maximum atomic E-state index is 9.57. The smallest absolute Gasteiger partial charge is 0.133 e. The Hall–Kier alpha value is -0.410. The van der Waals surface area contributed by atoms with E-state index in [9.17, 15) is 4.79 Å². The number of carbonyl (C=O) groups excluding carboxylic acids is 1. The number of hydrogen-bond acceptors (Lipinski definition) is 3. The van der Waals surface area contributed by atoms with Gasteiger partial charge in [0.2, 0.25) is 0 Å². The molecule has 0 aromatic heterocycles. The molecule has 0 rings (SSSR count). The van der Waals surface area contributed by atoms with Gasteiger partial charge in [0, 0.05) is 0 Å². The molecule has 8 heavy (non-hydrogen) atoms.